The van der Waals surface area contributed by atoms with Gasteiger partial charge < -0.3 is 18.9 Å². The number of hydrogen-bond donors (Lipinski definition) is 2. The normalized spacial score (nSPS) is 28.8. The molecule has 5 unspecified atom stereocenters. The first kappa shape index (κ1) is 17.9. The minimum absolute atomic E-state index is 0.0197. The van der Waals surface area contributed by atoms with E-state index in [9.17, 15) is 24.0 Å². The molecule has 0 bridgehead atoms. The molecule has 0 spiro atoms. The van der Waals surface area contributed by atoms with Gasteiger partial charge in [-0.15, -0.1) is 0 Å². The van der Waals surface area contributed by atoms with Crippen molar-refractivity contribution in [3.63, 3.8) is 0 Å². The van der Waals surface area contributed by atoms with E-state index in [1.54, 1.807) is 0 Å². The van der Waals surface area contributed by atoms with E-state index in [1.165, 1.54) is 10.9 Å². The van der Waals surface area contributed by atoms with Crippen LogP contribution < -0.4 is 11.2 Å². The number of rotatable bonds is 3. The lowest BCUT2D eigenvalue weighted by molar-refractivity contribution is -0.174. The van der Waals surface area contributed by atoms with Crippen molar-refractivity contribution in [2.45, 2.75) is 44.5 Å². The number of carbonyl (C=O) groups is 3. The van der Waals surface area contributed by atoms with Gasteiger partial charge >= 0.3 is 23.6 Å². The number of nitrogens with one attached hydrogen (secondary N) is 2. The van der Waals surface area contributed by atoms with E-state index in [1.807, 2.05) is 4.98 Å². The Morgan fingerprint density at radius 2 is 1.82 bits per heavy atom. The van der Waals surface area contributed by atoms with E-state index in [2.05, 4.69) is 9.97 Å². The van der Waals surface area contributed by atoms with Crippen LogP contribution in [0.25, 0.3) is 11.2 Å². The van der Waals surface area contributed by atoms with Crippen molar-refractivity contribution in [2.75, 3.05) is 0 Å². The number of carbonyl (C=O) groups excluding carboxylic acids is 3. The van der Waals surface area contributed by atoms with E-state index in [0.717, 1.165) is 13.8 Å². The van der Waals surface area contributed by atoms with Crippen LogP contribution >= 0.6 is 0 Å². The molecule has 13 nitrogen and oxygen atoms in total. The monoisotopic (exact) mass is 394 g/mol. The van der Waals surface area contributed by atoms with Gasteiger partial charge in [0.1, 0.15) is 11.8 Å². The molecule has 2 aromatic rings. The molecule has 0 saturated carbocycles. The summed E-state index contributed by atoms with van der Waals surface area (Å²) in [6, 6.07) is 0. The van der Waals surface area contributed by atoms with Gasteiger partial charge in [0.25, 0.3) is 5.56 Å². The molecule has 2 aliphatic heterocycles. The van der Waals surface area contributed by atoms with Gasteiger partial charge in [-0.2, -0.15) is 0 Å². The highest BCUT2D eigenvalue weighted by Gasteiger charge is 2.61. The van der Waals surface area contributed by atoms with E-state index >= 15 is 0 Å². The summed E-state index contributed by atoms with van der Waals surface area (Å²) in [7, 11) is 0. The van der Waals surface area contributed by atoms with Crippen molar-refractivity contribution < 1.29 is 33.3 Å². The summed E-state index contributed by atoms with van der Waals surface area (Å²) in [5, 5.41) is 0. The Bertz CT molecular complexity index is 1100. The molecule has 0 radical (unpaired) electrons. The molecule has 0 amide bonds. The summed E-state index contributed by atoms with van der Waals surface area (Å²) < 4.78 is 22.5. The fraction of sp³-hybridized carbons (Fsp3) is 0.467. The van der Waals surface area contributed by atoms with Gasteiger partial charge in [-0.3, -0.25) is 28.9 Å². The Hall–Kier alpha value is -3.48. The Labute approximate surface area is 154 Å². The summed E-state index contributed by atoms with van der Waals surface area (Å²) in [5.41, 5.74) is -1.55. The topological polar surface area (TPSA) is 172 Å². The second kappa shape index (κ2) is 6.30. The summed E-state index contributed by atoms with van der Waals surface area (Å²) in [6.07, 6.45) is -4.49. The lowest BCUT2D eigenvalue weighted by atomic mass is 10.1. The van der Waals surface area contributed by atoms with Gasteiger partial charge in [0.05, 0.1) is 6.33 Å². The van der Waals surface area contributed by atoms with Crippen LogP contribution in [0.1, 0.15) is 20.1 Å². The Morgan fingerprint density at radius 3 is 2.50 bits per heavy atom. The van der Waals surface area contributed by atoms with Crippen LogP contribution in [0, 0.1) is 0 Å². The van der Waals surface area contributed by atoms with Gasteiger partial charge in [0.2, 0.25) is 6.10 Å². The predicted molar refractivity (Wildman–Crippen MR) is 85.9 cm³/mol. The van der Waals surface area contributed by atoms with Gasteiger partial charge in [0.15, 0.2) is 24.0 Å². The quantitative estimate of drug-likeness (QED) is 0.442. The molecular weight excluding hydrogens is 380 g/mol. The zero-order chi connectivity index (χ0) is 20.2. The number of ether oxygens (including phenoxy) is 4. The van der Waals surface area contributed by atoms with E-state index < -0.39 is 59.8 Å². The molecule has 2 N–H and O–H groups in total. The molecule has 2 aliphatic rings. The van der Waals surface area contributed by atoms with Crippen molar-refractivity contribution in [1.29, 1.82) is 0 Å². The van der Waals surface area contributed by atoms with Crippen molar-refractivity contribution in [1.82, 2.24) is 19.5 Å². The third-order valence-corrected chi connectivity index (χ3v) is 4.35. The van der Waals surface area contributed by atoms with Crippen molar-refractivity contribution >= 4 is 29.1 Å². The lowest BCUT2D eigenvalue weighted by Crippen LogP contribution is -2.36. The molecular formula is C15H14N4O9. The average molecular weight is 394 g/mol. The first-order valence-electron chi connectivity index (χ1n) is 8.16. The highest BCUT2D eigenvalue weighted by Crippen LogP contribution is 2.40. The number of aromatic nitrogens is 4. The molecule has 0 aromatic carbocycles. The molecule has 4 rings (SSSR count). The first-order valence-corrected chi connectivity index (χ1v) is 8.16. The van der Waals surface area contributed by atoms with E-state index in [4.69, 9.17) is 18.9 Å². The number of esters is 3. The van der Waals surface area contributed by atoms with Crippen molar-refractivity contribution in [3.8, 4) is 0 Å². The zero-order valence-electron chi connectivity index (χ0n) is 14.5. The van der Waals surface area contributed by atoms with E-state index in [0.29, 0.717) is 0 Å². The number of H-pyrrole nitrogens is 2. The molecule has 2 aromatic heterocycles. The largest absolute Gasteiger partial charge is 0.454 e. The highest BCUT2D eigenvalue weighted by molar-refractivity contribution is 5.82. The fourth-order valence-corrected chi connectivity index (χ4v) is 3.36. The standard InChI is InChI=1S/C15H14N4O9/c1-4(20)25-9-7-8(10(14(23)28-7)26-5(2)21)27-13(9)19-3-16-6-11(19)17-15(24)18-12(6)22/h3,7-10,13H,1-2H3,(H2,17,18,22,24). The number of nitrogens with zero attached hydrogens (tertiary/aromatic N) is 2. The number of fused-ring (bicyclic) bond motifs is 2. The Morgan fingerprint density at radius 1 is 1.11 bits per heavy atom. The molecule has 0 aliphatic carbocycles. The zero-order valence-corrected chi connectivity index (χ0v) is 14.5. The van der Waals surface area contributed by atoms with Crippen LogP contribution in [0.4, 0.5) is 0 Å². The summed E-state index contributed by atoms with van der Waals surface area (Å²) in [4.78, 5) is 66.8. The smallest absolute Gasteiger partial charge is 0.350 e. The Balaban J connectivity index is 1.78. The van der Waals surface area contributed by atoms with Crippen LogP contribution in [-0.4, -0.2) is 61.8 Å². The first-order chi connectivity index (χ1) is 13.3. The summed E-state index contributed by atoms with van der Waals surface area (Å²) in [6.45, 7) is 2.28. The molecule has 28 heavy (non-hydrogen) atoms. The summed E-state index contributed by atoms with van der Waals surface area (Å²) >= 11 is 0. The molecule has 13 heteroatoms. The van der Waals surface area contributed by atoms with Crippen LogP contribution in [0.2, 0.25) is 0 Å². The predicted octanol–water partition coefficient (Wildman–Crippen LogP) is -1.90. The van der Waals surface area contributed by atoms with Gasteiger partial charge in [-0.25, -0.2) is 14.6 Å². The van der Waals surface area contributed by atoms with Crippen LogP contribution in [0.15, 0.2) is 15.9 Å². The number of imidazole rings is 1. The maximum Gasteiger partial charge on any atom is 0.350 e. The van der Waals surface area contributed by atoms with Crippen LogP contribution in [0.3, 0.4) is 0 Å². The molecule has 2 fully saturated rings. The fourth-order valence-electron chi connectivity index (χ4n) is 3.36. The van der Waals surface area contributed by atoms with Gasteiger partial charge in [-0.05, 0) is 0 Å². The van der Waals surface area contributed by atoms with Gasteiger partial charge in [0, 0.05) is 13.8 Å². The van der Waals surface area contributed by atoms with Crippen LogP contribution in [-0.2, 0) is 33.3 Å². The van der Waals surface area contributed by atoms with Gasteiger partial charge in [-0.1, -0.05) is 0 Å². The molecule has 5 atom stereocenters. The lowest BCUT2D eigenvalue weighted by Gasteiger charge is -2.22. The molecule has 4 heterocycles. The van der Waals surface area contributed by atoms with Crippen molar-refractivity contribution in [2.24, 2.45) is 0 Å². The van der Waals surface area contributed by atoms with Crippen molar-refractivity contribution in [3.05, 3.63) is 27.2 Å². The van der Waals surface area contributed by atoms with E-state index in [-0.39, 0.29) is 11.2 Å². The maximum atomic E-state index is 12.0. The Kier molecular flexibility index (Phi) is 4.03. The van der Waals surface area contributed by atoms with Crippen LogP contribution in [0.5, 0.6) is 0 Å². The SMILES string of the molecule is CC(=O)OC1C(=O)OC2C1OC(n1cnc3c(=O)[nH]c(=O)[nH]c31)C2OC(C)=O. The number of hydrogen-bond acceptors (Lipinski definition) is 10. The average Bonchev–Trinajstić information content (AvgIpc) is 3.22. The molecule has 148 valence electrons. The summed E-state index contributed by atoms with van der Waals surface area (Å²) in [5.74, 6) is -2.23. The second-order valence-electron chi connectivity index (χ2n) is 6.25. The second-order valence-corrected chi connectivity index (χ2v) is 6.25. The maximum absolute atomic E-state index is 12.0. The highest BCUT2D eigenvalue weighted by atomic mass is 16.7. The minimum Gasteiger partial charge on any atom is -0.454 e. The third-order valence-electron chi connectivity index (χ3n) is 4.35. The minimum atomic E-state index is -1.34. The number of aromatic amines is 2. The molecule has 2 saturated heterocycles. The third kappa shape index (κ3) is 2.76.